The average molecular weight is 172 g/mol. The molecule has 0 atom stereocenters. The highest BCUT2D eigenvalue weighted by Crippen LogP contribution is 2.49. The first-order valence-electron chi connectivity index (χ1n) is 2.88. The van der Waals surface area contributed by atoms with Crippen LogP contribution in [-0.4, -0.2) is 13.2 Å². The van der Waals surface area contributed by atoms with Crippen molar-refractivity contribution in [3.05, 3.63) is 0 Å². The minimum Gasteiger partial charge on any atom is -0.285 e. The number of halogens is 1. The molecule has 0 aliphatic rings. The summed E-state index contributed by atoms with van der Waals surface area (Å²) in [5, 5.41) is 0. The van der Waals surface area contributed by atoms with Crippen LogP contribution in [0.2, 0.25) is 0 Å². The van der Waals surface area contributed by atoms with Crippen LogP contribution in [0, 0.1) is 0 Å². The standard InChI is InChI=1S/C4H10FO4P/c1-3-7-10(6,9-5)8-4-2/h3-4H2,1-2H3. The quantitative estimate of drug-likeness (QED) is 0.595. The van der Waals surface area contributed by atoms with Gasteiger partial charge in [0.1, 0.15) is 0 Å². The number of hydrogen-bond acceptors (Lipinski definition) is 4. The van der Waals surface area contributed by atoms with E-state index in [4.69, 9.17) is 0 Å². The van der Waals surface area contributed by atoms with Gasteiger partial charge < -0.3 is 0 Å². The van der Waals surface area contributed by atoms with Crippen LogP contribution in [0.3, 0.4) is 0 Å². The van der Waals surface area contributed by atoms with Crippen molar-refractivity contribution in [3.63, 3.8) is 0 Å². The van der Waals surface area contributed by atoms with Gasteiger partial charge in [-0.25, -0.2) is 4.57 Å². The third kappa shape index (κ3) is 3.27. The molecule has 0 saturated heterocycles. The maximum absolute atomic E-state index is 11.4. The monoisotopic (exact) mass is 172 g/mol. The Balaban J connectivity index is 3.83. The molecule has 0 rings (SSSR count). The SMILES string of the molecule is CCOP(=O)(OF)OCC. The van der Waals surface area contributed by atoms with Crippen molar-refractivity contribution in [2.75, 3.05) is 13.2 Å². The highest BCUT2D eigenvalue weighted by Gasteiger charge is 2.26. The van der Waals surface area contributed by atoms with Crippen LogP contribution < -0.4 is 0 Å². The maximum atomic E-state index is 11.4. The first-order valence-corrected chi connectivity index (χ1v) is 4.34. The molecule has 0 aromatic carbocycles. The first-order chi connectivity index (χ1) is 4.68. The van der Waals surface area contributed by atoms with Gasteiger partial charge in [-0.15, -0.1) is 0 Å². The zero-order valence-electron chi connectivity index (χ0n) is 5.87. The molecule has 0 aliphatic carbocycles. The lowest BCUT2D eigenvalue weighted by atomic mass is 10.9. The van der Waals surface area contributed by atoms with Crippen LogP contribution in [0.25, 0.3) is 0 Å². The van der Waals surface area contributed by atoms with E-state index in [1.54, 1.807) is 13.8 Å². The van der Waals surface area contributed by atoms with Crippen molar-refractivity contribution < 1.29 is 22.9 Å². The fourth-order valence-corrected chi connectivity index (χ4v) is 1.18. The average Bonchev–Trinajstić information content (AvgIpc) is 1.89. The van der Waals surface area contributed by atoms with E-state index in [1.807, 2.05) is 0 Å². The van der Waals surface area contributed by atoms with Crippen molar-refractivity contribution in [3.8, 4) is 0 Å². The minimum absolute atomic E-state index is 0.0845. The molecular weight excluding hydrogens is 162 g/mol. The molecule has 0 spiro atoms. The van der Waals surface area contributed by atoms with E-state index in [1.165, 1.54) is 0 Å². The Morgan fingerprint density at radius 3 is 1.90 bits per heavy atom. The van der Waals surface area contributed by atoms with E-state index in [2.05, 4.69) is 13.8 Å². The van der Waals surface area contributed by atoms with Gasteiger partial charge in [-0.3, -0.25) is 9.05 Å². The van der Waals surface area contributed by atoms with E-state index in [0.29, 0.717) is 0 Å². The zero-order chi connectivity index (χ0) is 8.04. The highest BCUT2D eigenvalue weighted by atomic mass is 31.2. The molecule has 0 bridgehead atoms. The molecule has 6 heteroatoms. The molecule has 10 heavy (non-hydrogen) atoms. The summed E-state index contributed by atoms with van der Waals surface area (Å²) in [6.07, 6.45) is 0. The minimum atomic E-state index is -3.87. The third-order valence-electron chi connectivity index (χ3n) is 0.659. The molecule has 4 nitrogen and oxygen atoms in total. The predicted octanol–water partition coefficient (Wildman–Crippen LogP) is 2.07. The van der Waals surface area contributed by atoms with Crippen molar-refractivity contribution in [2.24, 2.45) is 0 Å². The number of phosphoric acid groups is 1. The van der Waals surface area contributed by atoms with E-state index in [0.717, 1.165) is 0 Å². The van der Waals surface area contributed by atoms with Gasteiger partial charge in [0, 0.05) is 0 Å². The summed E-state index contributed by atoms with van der Waals surface area (Å²) in [5.74, 6) is 0. The van der Waals surface area contributed by atoms with Crippen LogP contribution in [0.1, 0.15) is 13.8 Å². The summed E-state index contributed by atoms with van der Waals surface area (Å²) in [6, 6.07) is 0. The first kappa shape index (κ1) is 10.0. The van der Waals surface area contributed by atoms with E-state index in [-0.39, 0.29) is 13.2 Å². The van der Waals surface area contributed by atoms with Crippen molar-refractivity contribution >= 4 is 7.82 Å². The topological polar surface area (TPSA) is 44.8 Å². The second-order valence-corrected chi connectivity index (χ2v) is 2.90. The summed E-state index contributed by atoms with van der Waals surface area (Å²) in [5.41, 5.74) is 0. The smallest absolute Gasteiger partial charge is 0.285 e. The van der Waals surface area contributed by atoms with Crippen molar-refractivity contribution in [1.29, 1.82) is 0 Å². The molecule has 0 amide bonds. The number of phosphoric ester groups is 1. The lowest BCUT2D eigenvalue weighted by Crippen LogP contribution is -1.94. The molecule has 0 aromatic rings. The van der Waals surface area contributed by atoms with Gasteiger partial charge in [0.25, 0.3) is 0 Å². The number of hydrogen-bond donors (Lipinski definition) is 0. The molecule has 0 aromatic heterocycles. The molecule has 0 saturated carbocycles. The summed E-state index contributed by atoms with van der Waals surface area (Å²) in [7, 11) is -3.87. The zero-order valence-corrected chi connectivity index (χ0v) is 6.77. The van der Waals surface area contributed by atoms with Gasteiger partial charge in [-0.2, -0.15) is 0 Å². The van der Waals surface area contributed by atoms with Gasteiger partial charge in [0.05, 0.1) is 13.2 Å². The van der Waals surface area contributed by atoms with Gasteiger partial charge in [-0.1, -0.05) is 4.73 Å². The lowest BCUT2D eigenvalue weighted by Gasteiger charge is -2.09. The largest absolute Gasteiger partial charge is 0.506 e. The molecular formula is C4H10FO4P. The maximum Gasteiger partial charge on any atom is 0.506 e. The van der Waals surface area contributed by atoms with E-state index < -0.39 is 7.82 Å². The second-order valence-electron chi connectivity index (χ2n) is 1.35. The van der Waals surface area contributed by atoms with Crippen molar-refractivity contribution in [2.45, 2.75) is 13.8 Å². The molecule has 0 unspecified atom stereocenters. The molecule has 62 valence electrons. The summed E-state index contributed by atoms with van der Waals surface area (Å²) < 4.78 is 33.9. The van der Waals surface area contributed by atoms with Gasteiger partial charge >= 0.3 is 7.82 Å². The molecule has 0 N–H and O–H groups in total. The van der Waals surface area contributed by atoms with E-state index >= 15 is 0 Å². The summed E-state index contributed by atoms with van der Waals surface area (Å²) in [4.78, 5) is 0. The van der Waals surface area contributed by atoms with Crippen LogP contribution >= 0.6 is 7.82 Å². The molecule has 0 fully saturated rings. The fraction of sp³-hybridized carbons (Fsp3) is 1.00. The Bertz CT molecular complexity index is 118. The van der Waals surface area contributed by atoms with Crippen molar-refractivity contribution in [1.82, 2.24) is 0 Å². The van der Waals surface area contributed by atoms with Crippen LogP contribution in [0.4, 0.5) is 4.53 Å². The normalized spacial score (nSPS) is 11.9. The lowest BCUT2D eigenvalue weighted by molar-refractivity contribution is -0.0552. The third-order valence-corrected chi connectivity index (χ3v) is 1.98. The Hall–Kier alpha value is 0.0400. The molecule has 0 heterocycles. The molecule has 0 radical (unpaired) electrons. The van der Waals surface area contributed by atoms with Crippen LogP contribution in [-0.2, 0) is 18.3 Å². The van der Waals surface area contributed by atoms with Gasteiger partial charge in [-0.05, 0) is 18.4 Å². The Morgan fingerprint density at radius 1 is 1.30 bits per heavy atom. The molecule has 0 aliphatic heterocycles. The van der Waals surface area contributed by atoms with E-state index in [9.17, 15) is 9.09 Å². The second kappa shape index (κ2) is 4.79. The summed E-state index contributed by atoms with van der Waals surface area (Å²) >= 11 is 0. The van der Waals surface area contributed by atoms with Crippen LogP contribution in [0.5, 0.6) is 0 Å². The summed E-state index contributed by atoms with van der Waals surface area (Å²) in [6.45, 7) is 3.29. The Kier molecular flexibility index (Phi) is 4.81. The highest BCUT2D eigenvalue weighted by molar-refractivity contribution is 7.48. The van der Waals surface area contributed by atoms with Crippen LogP contribution in [0.15, 0.2) is 0 Å². The number of rotatable bonds is 5. The Morgan fingerprint density at radius 2 is 1.70 bits per heavy atom. The Labute approximate surface area is 58.8 Å². The fourth-order valence-electron chi connectivity index (χ4n) is 0.393. The predicted molar refractivity (Wildman–Crippen MR) is 33.1 cm³/mol. The van der Waals surface area contributed by atoms with Gasteiger partial charge in [0.2, 0.25) is 0 Å². The van der Waals surface area contributed by atoms with Gasteiger partial charge in [0.15, 0.2) is 0 Å².